The number of hydrogen-bond donors (Lipinski definition) is 0. The highest BCUT2D eigenvalue weighted by molar-refractivity contribution is 6.02. The number of hydrogen-bond acceptors (Lipinski definition) is 1. The average molecular weight is 515 g/mol. The number of aromatic nitrogens is 1. The minimum absolute atomic E-state index is 0.0842. The van der Waals surface area contributed by atoms with Crippen LogP contribution in [-0.2, 0) is 7.05 Å². The number of carbonyl (C=O) groups is 1. The van der Waals surface area contributed by atoms with Gasteiger partial charge in [0.25, 0.3) is 5.91 Å². The van der Waals surface area contributed by atoms with Gasteiger partial charge in [0.05, 0.1) is 11.7 Å². The molecule has 9 rings (SSSR count). The fourth-order valence-corrected chi connectivity index (χ4v) is 9.77. The van der Waals surface area contributed by atoms with Gasteiger partial charge in [0.15, 0.2) is 0 Å². The van der Waals surface area contributed by atoms with E-state index in [0.717, 1.165) is 23.3 Å². The van der Waals surface area contributed by atoms with E-state index < -0.39 is 0 Å². The molecule has 0 radical (unpaired) electrons. The Hall–Kier alpha value is -3.33. The molecule has 4 fully saturated rings. The van der Waals surface area contributed by atoms with Crippen LogP contribution in [0.5, 0.6) is 0 Å². The van der Waals surface area contributed by atoms with Gasteiger partial charge in [0.2, 0.25) is 0 Å². The molecule has 2 atom stereocenters. The maximum atomic E-state index is 14.5. The Labute approximate surface area is 231 Å². The third-order valence-corrected chi connectivity index (χ3v) is 11.1. The van der Waals surface area contributed by atoms with E-state index in [4.69, 9.17) is 0 Å². The van der Waals surface area contributed by atoms with Crippen molar-refractivity contribution in [2.24, 2.45) is 30.2 Å². The first-order valence-corrected chi connectivity index (χ1v) is 15.0. The third kappa shape index (κ3) is 3.31. The van der Waals surface area contributed by atoms with Crippen molar-refractivity contribution in [3.8, 4) is 11.3 Å². The lowest BCUT2D eigenvalue weighted by Crippen LogP contribution is -2.56. The fraction of sp³-hybridized carbons (Fsp3) is 0.417. The number of amides is 1. The Kier molecular flexibility index (Phi) is 5.03. The number of rotatable bonds is 4. The molecule has 5 aliphatic rings. The quantitative estimate of drug-likeness (QED) is 0.269. The van der Waals surface area contributed by atoms with E-state index in [1.807, 2.05) is 6.07 Å². The Balaban J connectivity index is 1.36. The molecule has 1 aromatic heterocycles. The summed E-state index contributed by atoms with van der Waals surface area (Å²) < 4.78 is 2.36. The molecule has 3 aromatic carbocycles. The van der Waals surface area contributed by atoms with Crippen molar-refractivity contribution in [1.82, 2.24) is 9.47 Å². The summed E-state index contributed by atoms with van der Waals surface area (Å²) in [6, 6.07) is 26.3. The molecule has 0 N–H and O–H groups in total. The van der Waals surface area contributed by atoms with Crippen LogP contribution in [-0.4, -0.2) is 21.4 Å². The molecule has 39 heavy (non-hydrogen) atoms. The van der Waals surface area contributed by atoms with Crippen LogP contribution < -0.4 is 0 Å². The molecule has 0 saturated heterocycles. The monoisotopic (exact) mass is 514 g/mol. The topological polar surface area (TPSA) is 25.2 Å². The minimum atomic E-state index is -0.0842. The molecule has 1 aliphatic heterocycles. The number of carbonyl (C=O) groups excluding carboxylic acids is 1. The Morgan fingerprint density at radius 2 is 1.44 bits per heavy atom. The van der Waals surface area contributed by atoms with Crippen molar-refractivity contribution in [3.63, 3.8) is 0 Å². The summed E-state index contributed by atoms with van der Waals surface area (Å²) in [5.41, 5.74) is 8.53. The van der Waals surface area contributed by atoms with Gasteiger partial charge in [0, 0.05) is 35.1 Å². The molecule has 4 aromatic rings. The first-order chi connectivity index (χ1) is 18.9. The third-order valence-electron chi connectivity index (χ3n) is 11.1. The summed E-state index contributed by atoms with van der Waals surface area (Å²) in [5, 5.41) is 1.26. The first kappa shape index (κ1) is 23.5. The summed E-state index contributed by atoms with van der Waals surface area (Å²) in [4.78, 5) is 16.8. The molecule has 4 aliphatic carbocycles. The van der Waals surface area contributed by atoms with E-state index in [9.17, 15) is 4.79 Å². The van der Waals surface area contributed by atoms with Gasteiger partial charge in [0.1, 0.15) is 0 Å². The number of para-hydroxylation sites is 1. The molecule has 198 valence electrons. The van der Waals surface area contributed by atoms with Gasteiger partial charge in [-0.2, -0.15) is 0 Å². The SMILES string of the molecule is Cc1ccc(-c2c(C3c4ccccc4C(=O)N3C(C)C34CC5CC(CC(C5)C3)C4)c3ccccc3n2C)cc1. The Morgan fingerprint density at radius 3 is 2.13 bits per heavy atom. The lowest BCUT2D eigenvalue weighted by molar-refractivity contribution is -0.0929. The average Bonchev–Trinajstić information content (AvgIpc) is 3.39. The van der Waals surface area contributed by atoms with Gasteiger partial charge in [-0.25, -0.2) is 0 Å². The summed E-state index contributed by atoms with van der Waals surface area (Å²) in [6.45, 7) is 4.55. The summed E-state index contributed by atoms with van der Waals surface area (Å²) >= 11 is 0. The van der Waals surface area contributed by atoms with Gasteiger partial charge < -0.3 is 9.47 Å². The van der Waals surface area contributed by atoms with Crippen molar-refractivity contribution >= 4 is 16.8 Å². The van der Waals surface area contributed by atoms with Crippen LogP contribution in [0.4, 0.5) is 0 Å². The van der Waals surface area contributed by atoms with Crippen molar-refractivity contribution in [2.45, 2.75) is 64.5 Å². The van der Waals surface area contributed by atoms with Crippen LogP contribution in [0.2, 0.25) is 0 Å². The lowest BCUT2D eigenvalue weighted by atomic mass is 9.47. The van der Waals surface area contributed by atoms with Gasteiger partial charge in [-0.15, -0.1) is 0 Å². The number of nitrogens with zero attached hydrogens (tertiary/aromatic N) is 2. The highest BCUT2D eigenvalue weighted by Crippen LogP contribution is 2.63. The van der Waals surface area contributed by atoms with E-state index in [-0.39, 0.29) is 23.4 Å². The van der Waals surface area contributed by atoms with Crippen LogP contribution in [0.15, 0.2) is 72.8 Å². The van der Waals surface area contributed by atoms with Crippen molar-refractivity contribution in [1.29, 1.82) is 0 Å². The van der Waals surface area contributed by atoms with E-state index in [2.05, 4.69) is 97.1 Å². The summed E-state index contributed by atoms with van der Waals surface area (Å²) in [5.74, 6) is 2.80. The minimum Gasteiger partial charge on any atom is -0.343 e. The molecule has 2 heterocycles. The zero-order valence-corrected chi connectivity index (χ0v) is 23.4. The van der Waals surface area contributed by atoms with Crippen molar-refractivity contribution in [3.05, 3.63) is 95.1 Å². The number of benzene rings is 3. The zero-order valence-electron chi connectivity index (χ0n) is 23.4. The Bertz CT molecular complexity index is 1570. The maximum Gasteiger partial charge on any atom is 0.255 e. The summed E-state index contributed by atoms with van der Waals surface area (Å²) in [7, 11) is 2.19. The van der Waals surface area contributed by atoms with Gasteiger partial charge in [-0.1, -0.05) is 66.2 Å². The molecule has 4 saturated carbocycles. The number of fused-ring (bicyclic) bond motifs is 2. The molecular formula is C36H38N2O. The van der Waals surface area contributed by atoms with Crippen LogP contribution in [0.3, 0.4) is 0 Å². The molecule has 4 bridgehead atoms. The standard InChI is InChI=1S/C36H38N2O/c1-22-12-14-27(15-13-22)33-32(30-10-6-7-11-31(30)37(33)3)34-28-8-4-5-9-29(28)35(39)38(34)23(2)36-19-24-16-25(20-36)18-26(17-24)21-36/h4-15,23-26,34H,16-21H2,1-3H3. The van der Waals surface area contributed by atoms with Gasteiger partial charge in [-0.05, 0) is 98.8 Å². The summed E-state index contributed by atoms with van der Waals surface area (Å²) in [6.07, 6.45) is 8.16. The molecule has 3 nitrogen and oxygen atoms in total. The predicted octanol–water partition coefficient (Wildman–Crippen LogP) is 8.30. The van der Waals surface area contributed by atoms with Crippen LogP contribution in [0.1, 0.15) is 78.5 Å². The van der Waals surface area contributed by atoms with Crippen molar-refractivity contribution in [2.75, 3.05) is 0 Å². The highest BCUT2D eigenvalue weighted by atomic mass is 16.2. The molecular weight excluding hydrogens is 476 g/mol. The maximum absolute atomic E-state index is 14.5. The van der Waals surface area contributed by atoms with Crippen LogP contribution >= 0.6 is 0 Å². The number of aryl methyl sites for hydroxylation is 2. The first-order valence-electron chi connectivity index (χ1n) is 15.0. The highest BCUT2D eigenvalue weighted by Gasteiger charge is 2.57. The van der Waals surface area contributed by atoms with Gasteiger partial charge in [-0.3, -0.25) is 4.79 Å². The lowest BCUT2D eigenvalue weighted by Gasteiger charge is -2.60. The second-order valence-electron chi connectivity index (χ2n) is 13.4. The molecule has 3 heteroatoms. The molecule has 1 amide bonds. The zero-order chi connectivity index (χ0) is 26.5. The van der Waals surface area contributed by atoms with E-state index in [1.165, 1.54) is 77.4 Å². The van der Waals surface area contributed by atoms with Crippen LogP contribution in [0.25, 0.3) is 22.2 Å². The molecule has 2 unspecified atom stereocenters. The Morgan fingerprint density at radius 1 is 0.821 bits per heavy atom. The smallest absolute Gasteiger partial charge is 0.255 e. The predicted molar refractivity (Wildman–Crippen MR) is 158 cm³/mol. The van der Waals surface area contributed by atoms with Crippen molar-refractivity contribution < 1.29 is 4.79 Å². The van der Waals surface area contributed by atoms with Crippen LogP contribution in [0, 0.1) is 30.1 Å². The second-order valence-corrected chi connectivity index (χ2v) is 13.4. The molecule has 0 spiro atoms. The largest absolute Gasteiger partial charge is 0.343 e. The second kappa shape index (κ2) is 8.34. The van der Waals surface area contributed by atoms with E-state index in [0.29, 0.717) is 0 Å². The van der Waals surface area contributed by atoms with E-state index in [1.54, 1.807) is 0 Å². The van der Waals surface area contributed by atoms with E-state index >= 15 is 0 Å². The van der Waals surface area contributed by atoms with Gasteiger partial charge >= 0.3 is 0 Å². The fourth-order valence-electron chi connectivity index (χ4n) is 9.77. The normalized spacial score (nSPS) is 29.8.